The smallest absolute Gasteiger partial charge is 0.383 e. The Morgan fingerprint density at radius 1 is 1.45 bits per heavy atom. The van der Waals surface area contributed by atoms with E-state index in [2.05, 4.69) is 10.1 Å². The zero-order valence-corrected chi connectivity index (χ0v) is 6.53. The highest BCUT2D eigenvalue weighted by Crippen LogP contribution is 2.12. The highest BCUT2D eigenvalue weighted by molar-refractivity contribution is 4.62. The van der Waals surface area contributed by atoms with Crippen molar-refractivity contribution in [2.45, 2.75) is 19.1 Å². The summed E-state index contributed by atoms with van der Waals surface area (Å²) in [5, 5.41) is 2.27. The van der Waals surface area contributed by atoms with Crippen LogP contribution in [0.15, 0.2) is 0 Å². The average Bonchev–Trinajstić information content (AvgIpc) is 1.83. The third kappa shape index (κ3) is 7.61. The van der Waals surface area contributed by atoms with Crippen LogP contribution < -0.4 is 5.32 Å². The molecule has 0 aromatic rings. The monoisotopic (exact) mass is 171 g/mol. The molecule has 0 aliphatic carbocycles. The Balaban J connectivity index is 3.38. The van der Waals surface area contributed by atoms with E-state index in [0.717, 1.165) is 0 Å². The third-order valence-electron chi connectivity index (χ3n) is 1.07. The number of methoxy groups -OCH3 is 1. The number of halogens is 3. The second-order valence-electron chi connectivity index (χ2n) is 2.35. The van der Waals surface area contributed by atoms with Gasteiger partial charge in [0.2, 0.25) is 0 Å². The van der Waals surface area contributed by atoms with Crippen LogP contribution in [0.2, 0.25) is 0 Å². The van der Waals surface area contributed by atoms with Gasteiger partial charge in [-0.05, 0) is 6.92 Å². The number of ether oxygens (including phenoxy) is 1. The van der Waals surface area contributed by atoms with E-state index in [1.54, 1.807) is 6.92 Å². The van der Waals surface area contributed by atoms with Gasteiger partial charge in [-0.1, -0.05) is 0 Å². The predicted molar refractivity (Wildman–Crippen MR) is 35.4 cm³/mol. The van der Waals surface area contributed by atoms with E-state index in [-0.39, 0.29) is 12.6 Å². The quantitative estimate of drug-likeness (QED) is 0.685. The molecule has 0 saturated carbocycles. The fourth-order valence-electron chi connectivity index (χ4n) is 0.599. The first kappa shape index (κ1) is 10.7. The van der Waals surface area contributed by atoms with Gasteiger partial charge in [0.1, 0.15) is 0 Å². The molecule has 11 heavy (non-hydrogen) atoms. The molecule has 0 radical (unpaired) electrons. The van der Waals surface area contributed by atoms with Crippen LogP contribution in [0.1, 0.15) is 6.92 Å². The summed E-state index contributed by atoms with van der Waals surface area (Å²) in [5.74, 6) is 0. The van der Waals surface area contributed by atoms with Crippen molar-refractivity contribution in [2.24, 2.45) is 0 Å². The topological polar surface area (TPSA) is 21.3 Å². The van der Waals surface area contributed by atoms with Crippen LogP contribution >= 0.6 is 0 Å². The Morgan fingerprint density at radius 2 is 2.00 bits per heavy atom. The van der Waals surface area contributed by atoms with E-state index in [4.69, 9.17) is 0 Å². The van der Waals surface area contributed by atoms with Crippen LogP contribution in [0.5, 0.6) is 0 Å². The van der Waals surface area contributed by atoms with Crippen LogP contribution in [-0.4, -0.2) is 32.5 Å². The van der Waals surface area contributed by atoms with E-state index < -0.39 is 12.7 Å². The molecule has 0 heterocycles. The summed E-state index contributed by atoms with van der Waals surface area (Å²) in [5.41, 5.74) is 0. The van der Waals surface area contributed by atoms with Crippen LogP contribution in [0.3, 0.4) is 0 Å². The number of rotatable bonds is 4. The van der Waals surface area contributed by atoms with Crippen molar-refractivity contribution < 1.29 is 17.9 Å². The normalized spacial score (nSPS) is 15.0. The molecule has 0 saturated heterocycles. The SMILES string of the molecule is COC[C@H](C)NCC(F)(F)F. The predicted octanol–water partition coefficient (Wildman–Crippen LogP) is 1.17. The van der Waals surface area contributed by atoms with Crippen LogP contribution in [0, 0.1) is 0 Å². The zero-order chi connectivity index (χ0) is 8.91. The molecule has 0 spiro atoms. The first-order valence-electron chi connectivity index (χ1n) is 3.25. The highest BCUT2D eigenvalue weighted by Gasteiger charge is 2.27. The molecule has 5 heteroatoms. The molecule has 0 amide bonds. The van der Waals surface area contributed by atoms with E-state index in [0.29, 0.717) is 0 Å². The van der Waals surface area contributed by atoms with Gasteiger partial charge in [-0.2, -0.15) is 13.2 Å². The molecule has 68 valence electrons. The second-order valence-corrected chi connectivity index (χ2v) is 2.35. The second kappa shape index (κ2) is 4.56. The van der Waals surface area contributed by atoms with Gasteiger partial charge < -0.3 is 10.1 Å². The summed E-state index contributed by atoms with van der Waals surface area (Å²) in [4.78, 5) is 0. The van der Waals surface area contributed by atoms with Crippen molar-refractivity contribution in [3.05, 3.63) is 0 Å². The molecule has 2 nitrogen and oxygen atoms in total. The lowest BCUT2D eigenvalue weighted by Crippen LogP contribution is -2.37. The Bertz CT molecular complexity index is 104. The third-order valence-corrected chi connectivity index (χ3v) is 1.07. The van der Waals surface area contributed by atoms with Crippen molar-refractivity contribution in [1.82, 2.24) is 5.32 Å². The van der Waals surface area contributed by atoms with Crippen molar-refractivity contribution in [2.75, 3.05) is 20.3 Å². The van der Waals surface area contributed by atoms with Gasteiger partial charge in [-0.15, -0.1) is 0 Å². The minimum Gasteiger partial charge on any atom is -0.383 e. The Morgan fingerprint density at radius 3 is 2.36 bits per heavy atom. The largest absolute Gasteiger partial charge is 0.401 e. The van der Waals surface area contributed by atoms with E-state index in [1.807, 2.05) is 0 Å². The minimum atomic E-state index is -4.14. The van der Waals surface area contributed by atoms with Gasteiger partial charge in [0.15, 0.2) is 0 Å². The van der Waals surface area contributed by atoms with Gasteiger partial charge in [-0.25, -0.2) is 0 Å². The summed E-state index contributed by atoms with van der Waals surface area (Å²) >= 11 is 0. The lowest BCUT2D eigenvalue weighted by Gasteiger charge is -2.13. The van der Waals surface area contributed by atoms with Gasteiger partial charge in [0.05, 0.1) is 13.2 Å². The number of nitrogens with one attached hydrogen (secondary N) is 1. The maximum absolute atomic E-state index is 11.6. The molecule has 0 unspecified atom stereocenters. The number of alkyl halides is 3. The summed E-state index contributed by atoms with van der Waals surface area (Å²) in [6, 6.07) is -0.262. The lowest BCUT2D eigenvalue weighted by atomic mass is 10.3. The molecule has 0 aromatic carbocycles. The molecule has 0 rings (SSSR count). The van der Waals surface area contributed by atoms with Crippen molar-refractivity contribution in [3.8, 4) is 0 Å². The fourth-order valence-corrected chi connectivity index (χ4v) is 0.599. The van der Waals surface area contributed by atoms with Crippen molar-refractivity contribution >= 4 is 0 Å². The summed E-state index contributed by atoms with van der Waals surface area (Å²) in [6.07, 6.45) is -4.14. The number of hydrogen-bond donors (Lipinski definition) is 1. The van der Waals surface area contributed by atoms with Gasteiger partial charge >= 0.3 is 6.18 Å². The first-order chi connectivity index (χ1) is 4.95. The maximum Gasteiger partial charge on any atom is 0.401 e. The first-order valence-corrected chi connectivity index (χ1v) is 3.25. The van der Waals surface area contributed by atoms with Gasteiger partial charge in [0.25, 0.3) is 0 Å². The highest BCUT2D eigenvalue weighted by atomic mass is 19.4. The lowest BCUT2D eigenvalue weighted by molar-refractivity contribution is -0.126. The molecular formula is C6H12F3NO. The minimum absolute atomic E-state index is 0.262. The molecule has 1 atom stereocenters. The Hall–Kier alpha value is -0.290. The Kier molecular flexibility index (Phi) is 4.44. The molecular weight excluding hydrogens is 159 g/mol. The Labute approximate surface area is 63.7 Å². The molecule has 0 fully saturated rings. The van der Waals surface area contributed by atoms with Gasteiger partial charge in [-0.3, -0.25) is 0 Å². The van der Waals surface area contributed by atoms with E-state index in [1.165, 1.54) is 7.11 Å². The summed E-state index contributed by atoms with van der Waals surface area (Å²) in [6.45, 7) is 0.961. The van der Waals surface area contributed by atoms with Crippen LogP contribution in [0.4, 0.5) is 13.2 Å². The van der Waals surface area contributed by atoms with Crippen molar-refractivity contribution in [1.29, 1.82) is 0 Å². The molecule has 0 aliphatic heterocycles. The summed E-state index contributed by atoms with van der Waals surface area (Å²) in [7, 11) is 1.45. The standard InChI is InChI=1S/C6H12F3NO/c1-5(3-11-2)10-4-6(7,8)9/h5,10H,3-4H2,1-2H3/t5-/m0/s1. The van der Waals surface area contributed by atoms with Crippen LogP contribution in [-0.2, 0) is 4.74 Å². The molecule has 0 aliphatic rings. The van der Waals surface area contributed by atoms with Crippen molar-refractivity contribution in [3.63, 3.8) is 0 Å². The van der Waals surface area contributed by atoms with Gasteiger partial charge in [0, 0.05) is 13.2 Å². The molecule has 0 bridgehead atoms. The maximum atomic E-state index is 11.6. The average molecular weight is 171 g/mol. The van der Waals surface area contributed by atoms with E-state index >= 15 is 0 Å². The molecule has 1 N–H and O–H groups in total. The van der Waals surface area contributed by atoms with Crippen LogP contribution in [0.25, 0.3) is 0 Å². The number of hydrogen-bond acceptors (Lipinski definition) is 2. The summed E-state index contributed by atoms with van der Waals surface area (Å²) < 4.78 is 39.3. The zero-order valence-electron chi connectivity index (χ0n) is 6.53. The molecule has 0 aromatic heterocycles. The fraction of sp³-hybridized carbons (Fsp3) is 1.00. The van der Waals surface area contributed by atoms with E-state index in [9.17, 15) is 13.2 Å².